The smallest absolute Gasteiger partial charge is 0.288 e. The Kier molecular flexibility index (Phi) is 3.51. The fourth-order valence-electron chi connectivity index (χ4n) is 3.28. The largest absolute Gasteiger partial charge is 0.494 e. The van der Waals surface area contributed by atoms with Gasteiger partial charge in [-0.1, -0.05) is 41.6 Å². The second-order valence-corrected chi connectivity index (χ2v) is 6.32. The Bertz CT molecular complexity index is 1380. The van der Waals surface area contributed by atoms with Gasteiger partial charge in [0.15, 0.2) is 16.7 Å². The number of oxazole rings is 1. The number of H-pyrrole nitrogens is 1. The predicted octanol–water partition coefficient (Wildman–Crippen LogP) is 3.21. The molecule has 0 atom stereocenters. The van der Waals surface area contributed by atoms with Gasteiger partial charge in [0.25, 0.3) is 5.56 Å². The maximum atomic E-state index is 13.1. The number of nitrogens with one attached hydrogen (secondary N) is 1. The third-order valence-corrected chi connectivity index (χ3v) is 4.62. The summed E-state index contributed by atoms with van der Waals surface area (Å²) >= 11 is 0. The molecule has 5 aromatic rings. The number of rotatable bonds is 3. The number of aromatic amines is 1. The molecule has 5 rings (SSSR count). The Balaban J connectivity index is 1.75. The summed E-state index contributed by atoms with van der Waals surface area (Å²) in [5, 5.41) is 8.22. The van der Waals surface area contributed by atoms with Crippen LogP contribution in [0.4, 0.5) is 0 Å². The van der Waals surface area contributed by atoms with E-state index < -0.39 is 0 Å². The van der Waals surface area contributed by atoms with Crippen LogP contribution >= 0.6 is 0 Å². The molecule has 2 aromatic carbocycles. The average Bonchev–Trinajstić information content (AvgIpc) is 3.32. The molecule has 28 heavy (non-hydrogen) atoms. The summed E-state index contributed by atoms with van der Waals surface area (Å²) in [5.74, 6) is 0.784. The molecule has 0 unspecified atom stereocenters. The number of benzene rings is 2. The van der Waals surface area contributed by atoms with Crippen molar-refractivity contribution in [2.75, 3.05) is 7.11 Å². The first-order chi connectivity index (χ1) is 13.7. The Morgan fingerprint density at radius 2 is 1.93 bits per heavy atom. The third kappa shape index (κ3) is 2.31. The van der Waals surface area contributed by atoms with Gasteiger partial charge in [-0.25, -0.2) is 4.98 Å². The van der Waals surface area contributed by atoms with E-state index in [9.17, 15) is 4.79 Å². The number of aryl methyl sites for hydroxylation is 1. The van der Waals surface area contributed by atoms with Crippen molar-refractivity contribution in [1.29, 1.82) is 0 Å². The molecule has 1 N–H and O–H groups in total. The summed E-state index contributed by atoms with van der Waals surface area (Å²) in [6, 6.07) is 14.9. The summed E-state index contributed by atoms with van der Waals surface area (Å²) in [5.41, 5.74) is 3.65. The molecule has 8 heteroatoms. The van der Waals surface area contributed by atoms with E-state index in [1.807, 2.05) is 30.3 Å². The van der Waals surface area contributed by atoms with Gasteiger partial charge in [-0.2, -0.15) is 4.52 Å². The van der Waals surface area contributed by atoms with Gasteiger partial charge in [-0.05, 0) is 19.1 Å². The van der Waals surface area contributed by atoms with Gasteiger partial charge in [0, 0.05) is 11.3 Å². The molecule has 0 bridgehead atoms. The quantitative estimate of drug-likeness (QED) is 0.521. The van der Waals surface area contributed by atoms with E-state index in [1.54, 1.807) is 32.2 Å². The maximum absolute atomic E-state index is 13.1. The highest BCUT2D eigenvalue weighted by molar-refractivity contribution is 5.82. The maximum Gasteiger partial charge on any atom is 0.288 e. The summed E-state index contributed by atoms with van der Waals surface area (Å²) in [6.45, 7) is 1.80. The zero-order valence-electron chi connectivity index (χ0n) is 15.1. The van der Waals surface area contributed by atoms with Crippen molar-refractivity contribution in [2.45, 2.75) is 6.92 Å². The first-order valence-corrected chi connectivity index (χ1v) is 8.65. The topological polar surface area (TPSA) is 98.3 Å². The molecule has 0 radical (unpaired) electrons. The van der Waals surface area contributed by atoms with Crippen LogP contribution in [-0.4, -0.2) is 31.9 Å². The van der Waals surface area contributed by atoms with Gasteiger partial charge in [0.1, 0.15) is 17.0 Å². The molecule has 0 aliphatic carbocycles. The Morgan fingerprint density at radius 3 is 2.71 bits per heavy atom. The van der Waals surface area contributed by atoms with Crippen LogP contribution in [-0.2, 0) is 0 Å². The molecular formula is C20H15N5O3. The van der Waals surface area contributed by atoms with Crippen molar-refractivity contribution in [3.05, 3.63) is 64.6 Å². The standard InChI is InChI=1S/C20H15N5O3/c1-11-15(19-22-17-13(27-2)9-6-10-14(17)28-19)20(26)25-18(21-11)16(23-24-25)12-7-4-3-5-8-12/h3-10,21H,1-2H3. The lowest BCUT2D eigenvalue weighted by Gasteiger charge is -2.03. The molecule has 3 heterocycles. The first kappa shape index (κ1) is 16.2. The Morgan fingerprint density at radius 1 is 1.11 bits per heavy atom. The van der Waals surface area contributed by atoms with Crippen LogP contribution in [0.1, 0.15) is 5.69 Å². The van der Waals surface area contributed by atoms with E-state index in [-0.39, 0.29) is 11.4 Å². The highest BCUT2D eigenvalue weighted by Crippen LogP contribution is 2.30. The van der Waals surface area contributed by atoms with Crippen molar-refractivity contribution in [3.8, 4) is 28.5 Å². The van der Waals surface area contributed by atoms with E-state index in [0.29, 0.717) is 39.4 Å². The van der Waals surface area contributed by atoms with Crippen LogP contribution in [0.5, 0.6) is 5.75 Å². The lowest BCUT2D eigenvalue weighted by molar-refractivity contribution is 0.419. The molecule has 0 saturated heterocycles. The fourth-order valence-corrected chi connectivity index (χ4v) is 3.28. The van der Waals surface area contributed by atoms with Crippen LogP contribution in [0.2, 0.25) is 0 Å². The Hall–Kier alpha value is -3.94. The number of nitrogens with zero attached hydrogens (tertiary/aromatic N) is 4. The van der Waals surface area contributed by atoms with E-state index in [4.69, 9.17) is 9.15 Å². The minimum Gasteiger partial charge on any atom is -0.494 e. The van der Waals surface area contributed by atoms with Gasteiger partial charge in [0.05, 0.1) is 7.11 Å². The number of para-hydroxylation sites is 1. The van der Waals surface area contributed by atoms with Crippen LogP contribution in [0.3, 0.4) is 0 Å². The molecule has 0 saturated carbocycles. The van der Waals surface area contributed by atoms with Crippen molar-refractivity contribution in [1.82, 2.24) is 24.8 Å². The highest BCUT2D eigenvalue weighted by atomic mass is 16.5. The summed E-state index contributed by atoms with van der Waals surface area (Å²) in [7, 11) is 1.56. The van der Waals surface area contributed by atoms with Gasteiger partial charge < -0.3 is 14.1 Å². The molecule has 0 amide bonds. The SMILES string of the molecule is COc1cccc2oc(-c3c(C)[nH]c4c(-c5ccccc5)nnn4c3=O)nc12. The van der Waals surface area contributed by atoms with E-state index in [1.165, 1.54) is 4.52 Å². The molecule has 0 spiro atoms. The summed E-state index contributed by atoms with van der Waals surface area (Å²) in [4.78, 5) is 20.8. The normalized spacial score (nSPS) is 11.4. The van der Waals surface area contributed by atoms with Gasteiger partial charge in [0.2, 0.25) is 5.89 Å². The molecule has 138 valence electrons. The molecular weight excluding hydrogens is 358 g/mol. The second-order valence-electron chi connectivity index (χ2n) is 6.32. The minimum atomic E-state index is -0.355. The molecule has 0 aliphatic rings. The van der Waals surface area contributed by atoms with Crippen molar-refractivity contribution < 1.29 is 9.15 Å². The summed E-state index contributed by atoms with van der Waals surface area (Å²) in [6.07, 6.45) is 0. The first-order valence-electron chi connectivity index (χ1n) is 8.65. The second kappa shape index (κ2) is 6.05. The average molecular weight is 373 g/mol. The summed E-state index contributed by atoms with van der Waals surface area (Å²) < 4.78 is 12.4. The fraction of sp³-hybridized carbons (Fsp3) is 0.100. The van der Waals surface area contributed by atoms with Gasteiger partial charge in [-0.3, -0.25) is 4.79 Å². The van der Waals surface area contributed by atoms with E-state index in [2.05, 4.69) is 20.3 Å². The number of hydrogen-bond acceptors (Lipinski definition) is 6. The van der Waals surface area contributed by atoms with Crippen LogP contribution in [0.15, 0.2) is 57.7 Å². The number of hydrogen-bond donors (Lipinski definition) is 1. The van der Waals surface area contributed by atoms with Crippen LogP contribution in [0.25, 0.3) is 39.5 Å². The minimum absolute atomic E-state index is 0.205. The van der Waals surface area contributed by atoms with Crippen molar-refractivity contribution >= 4 is 16.7 Å². The van der Waals surface area contributed by atoms with Gasteiger partial charge >= 0.3 is 0 Å². The lowest BCUT2D eigenvalue weighted by Crippen LogP contribution is -2.19. The zero-order valence-corrected chi connectivity index (χ0v) is 15.1. The molecule has 8 nitrogen and oxygen atoms in total. The number of ether oxygens (including phenoxy) is 1. The van der Waals surface area contributed by atoms with Gasteiger partial charge in [-0.15, -0.1) is 5.10 Å². The van der Waals surface area contributed by atoms with E-state index >= 15 is 0 Å². The molecule has 3 aromatic heterocycles. The molecule has 0 aliphatic heterocycles. The van der Waals surface area contributed by atoms with Crippen LogP contribution in [0, 0.1) is 6.92 Å². The Labute approximate surface area is 158 Å². The predicted molar refractivity (Wildman–Crippen MR) is 103 cm³/mol. The van der Waals surface area contributed by atoms with E-state index in [0.717, 1.165) is 5.56 Å². The lowest BCUT2D eigenvalue weighted by atomic mass is 10.1. The highest BCUT2D eigenvalue weighted by Gasteiger charge is 2.21. The number of fused-ring (bicyclic) bond motifs is 2. The van der Waals surface area contributed by atoms with Crippen molar-refractivity contribution in [2.24, 2.45) is 0 Å². The number of methoxy groups -OCH3 is 1. The van der Waals surface area contributed by atoms with Crippen LogP contribution < -0.4 is 10.3 Å². The molecule has 0 fully saturated rings. The third-order valence-electron chi connectivity index (χ3n) is 4.62. The monoisotopic (exact) mass is 373 g/mol. The van der Waals surface area contributed by atoms with Crippen molar-refractivity contribution in [3.63, 3.8) is 0 Å². The number of aromatic nitrogens is 5. The zero-order chi connectivity index (χ0) is 19.3.